The first-order valence-corrected chi connectivity index (χ1v) is 9.97. The number of hydrogen-bond acceptors (Lipinski definition) is 4. The van der Waals surface area contributed by atoms with Crippen molar-refractivity contribution in [2.24, 2.45) is 0 Å². The number of rotatable bonds is 4. The van der Waals surface area contributed by atoms with Crippen LogP contribution in [0.2, 0.25) is 0 Å². The minimum atomic E-state index is -0.668. The fraction of sp³-hybridized carbons (Fsp3) is 0.391. The molecule has 0 aromatic heterocycles. The van der Waals surface area contributed by atoms with E-state index >= 15 is 0 Å². The van der Waals surface area contributed by atoms with Crippen molar-refractivity contribution in [3.63, 3.8) is 0 Å². The topological polar surface area (TPSA) is 59.1 Å². The molecular weight excluding hydrogens is 406 g/mol. The van der Waals surface area contributed by atoms with Gasteiger partial charge in [-0.25, -0.2) is 8.78 Å². The third-order valence-corrected chi connectivity index (χ3v) is 5.56. The Bertz CT molecular complexity index is 976. The normalized spacial score (nSPS) is 18.7. The highest BCUT2D eigenvalue weighted by atomic mass is 19.1. The van der Waals surface area contributed by atoms with Crippen molar-refractivity contribution in [2.45, 2.75) is 32.9 Å². The molecule has 2 atom stereocenters. The average Bonchev–Trinajstić information content (AvgIpc) is 2.72. The molecule has 0 aliphatic carbocycles. The van der Waals surface area contributed by atoms with Gasteiger partial charge in [0.2, 0.25) is 0 Å². The molecule has 6 nitrogen and oxygen atoms in total. The highest BCUT2D eigenvalue weighted by Crippen LogP contribution is 2.26. The standard InChI is InChI=1S/C23H26F2N2O4/c1-13-8-17(31-5)10-20(25)21(13)23(29)26-11-14(2)27(15(3)12-26)22(28)18-7-6-16(30-4)9-19(18)24/h6-10,14-15H,11-12H2,1-5H3/t14-,15-/m1/s1. The van der Waals surface area contributed by atoms with Crippen molar-refractivity contribution in [1.82, 2.24) is 9.80 Å². The highest BCUT2D eigenvalue weighted by molar-refractivity contribution is 5.97. The summed E-state index contributed by atoms with van der Waals surface area (Å²) in [7, 11) is 2.85. The van der Waals surface area contributed by atoms with Crippen molar-refractivity contribution in [3.05, 3.63) is 58.7 Å². The average molecular weight is 432 g/mol. The quantitative estimate of drug-likeness (QED) is 0.740. The van der Waals surface area contributed by atoms with Gasteiger partial charge in [0.05, 0.1) is 25.3 Å². The maximum atomic E-state index is 14.6. The zero-order valence-corrected chi connectivity index (χ0v) is 18.2. The van der Waals surface area contributed by atoms with E-state index < -0.39 is 23.4 Å². The highest BCUT2D eigenvalue weighted by Gasteiger charge is 2.37. The summed E-state index contributed by atoms with van der Waals surface area (Å²) in [5.41, 5.74) is 0.401. The van der Waals surface area contributed by atoms with Gasteiger partial charge in [0.15, 0.2) is 0 Å². The zero-order chi connectivity index (χ0) is 22.9. The van der Waals surface area contributed by atoms with Crippen LogP contribution in [0, 0.1) is 18.6 Å². The molecule has 0 N–H and O–H groups in total. The number of halogens is 2. The Morgan fingerprint density at radius 1 is 0.903 bits per heavy atom. The van der Waals surface area contributed by atoms with Crippen LogP contribution >= 0.6 is 0 Å². The third-order valence-electron chi connectivity index (χ3n) is 5.56. The number of aryl methyl sites for hydroxylation is 1. The van der Waals surface area contributed by atoms with Gasteiger partial charge in [-0.2, -0.15) is 0 Å². The van der Waals surface area contributed by atoms with Crippen LogP contribution in [0.5, 0.6) is 11.5 Å². The van der Waals surface area contributed by atoms with Gasteiger partial charge in [0, 0.05) is 37.3 Å². The fourth-order valence-electron chi connectivity index (χ4n) is 4.08. The van der Waals surface area contributed by atoms with Crippen LogP contribution < -0.4 is 9.47 Å². The Balaban J connectivity index is 1.82. The number of benzene rings is 2. The van der Waals surface area contributed by atoms with E-state index in [1.807, 2.05) is 0 Å². The summed E-state index contributed by atoms with van der Waals surface area (Å²) < 4.78 is 39.1. The second-order valence-corrected chi connectivity index (χ2v) is 7.77. The van der Waals surface area contributed by atoms with Crippen molar-refractivity contribution >= 4 is 11.8 Å². The molecule has 1 fully saturated rings. The Morgan fingerprint density at radius 2 is 1.48 bits per heavy atom. The van der Waals surface area contributed by atoms with Gasteiger partial charge < -0.3 is 19.3 Å². The van der Waals surface area contributed by atoms with E-state index in [9.17, 15) is 18.4 Å². The third kappa shape index (κ3) is 4.33. The van der Waals surface area contributed by atoms with E-state index in [4.69, 9.17) is 9.47 Å². The molecule has 0 radical (unpaired) electrons. The van der Waals surface area contributed by atoms with Crippen molar-refractivity contribution in [1.29, 1.82) is 0 Å². The molecule has 1 aliphatic heterocycles. The minimum absolute atomic E-state index is 0.0128. The smallest absolute Gasteiger partial charge is 0.257 e. The predicted octanol–water partition coefficient (Wildman–Crippen LogP) is 3.67. The Morgan fingerprint density at radius 3 is 2.00 bits per heavy atom. The Hall–Kier alpha value is -3.16. The van der Waals surface area contributed by atoms with E-state index in [1.54, 1.807) is 31.7 Å². The van der Waals surface area contributed by atoms with Gasteiger partial charge in [0.1, 0.15) is 23.1 Å². The number of ether oxygens (including phenoxy) is 2. The van der Waals surface area contributed by atoms with Gasteiger partial charge in [-0.15, -0.1) is 0 Å². The zero-order valence-electron chi connectivity index (χ0n) is 18.2. The molecule has 0 bridgehead atoms. The maximum absolute atomic E-state index is 14.6. The molecule has 2 aromatic rings. The monoisotopic (exact) mass is 432 g/mol. The number of carbonyl (C=O) groups is 2. The van der Waals surface area contributed by atoms with Gasteiger partial charge in [-0.3, -0.25) is 9.59 Å². The van der Waals surface area contributed by atoms with Crippen LogP contribution in [0.25, 0.3) is 0 Å². The molecular formula is C23H26F2N2O4. The number of hydrogen-bond donors (Lipinski definition) is 0. The van der Waals surface area contributed by atoms with Crippen LogP contribution in [-0.2, 0) is 0 Å². The lowest BCUT2D eigenvalue weighted by Gasteiger charge is -2.44. The molecule has 0 spiro atoms. The van der Waals surface area contributed by atoms with Crippen LogP contribution in [0.1, 0.15) is 40.1 Å². The van der Waals surface area contributed by atoms with Crippen molar-refractivity contribution in [3.8, 4) is 11.5 Å². The van der Waals surface area contributed by atoms with E-state index in [2.05, 4.69) is 0 Å². The molecule has 1 aliphatic rings. The van der Waals surface area contributed by atoms with Crippen molar-refractivity contribution in [2.75, 3.05) is 27.3 Å². The van der Waals surface area contributed by atoms with Crippen LogP contribution in [0.15, 0.2) is 30.3 Å². The predicted molar refractivity (Wildman–Crippen MR) is 112 cm³/mol. The number of piperazine rings is 1. The summed E-state index contributed by atoms with van der Waals surface area (Å²) in [6.45, 7) is 5.63. The fourth-order valence-corrected chi connectivity index (χ4v) is 4.08. The SMILES string of the molecule is COc1ccc(C(=O)N2[C@H](C)CN(C(=O)c3c(C)cc(OC)cc3F)C[C@H]2C)c(F)c1. The first kappa shape index (κ1) is 22.5. The first-order valence-electron chi connectivity index (χ1n) is 9.97. The molecule has 1 saturated heterocycles. The molecule has 8 heteroatoms. The Kier molecular flexibility index (Phi) is 6.48. The number of amides is 2. The molecule has 31 heavy (non-hydrogen) atoms. The molecule has 0 saturated carbocycles. The summed E-state index contributed by atoms with van der Waals surface area (Å²) >= 11 is 0. The minimum Gasteiger partial charge on any atom is -0.497 e. The van der Waals surface area contributed by atoms with Gasteiger partial charge in [-0.05, 0) is 44.5 Å². The van der Waals surface area contributed by atoms with Crippen molar-refractivity contribution < 1.29 is 27.8 Å². The number of methoxy groups -OCH3 is 2. The lowest BCUT2D eigenvalue weighted by atomic mass is 10.0. The van der Waals surface area contributed by atoms with Gasteiger partial charge in [0.25, 0.3) is 11.8 Å². The summed E-state index contributed by atoms with van der Waals surface area (Å²) in [6, 6.07) is 6.10. The molecule has 166 valence electrons. The van der Waals surface area contributed by atoms with Gasteiger partial charge in [-0.1, -0.05) is 0 Å². The lowest BCUT2D eigenvalue weighted by molar-refractivity contribution is 0.0249. The largest absolute Gasteiger partial charge is 0.497 e. The summed E-state index contributed by atoms with van der Waals surface area (Å²) in [4.78, 5) is 29.2. The van der Waals surface area contributed by atoms with Crippen LogP contribution in [0.3, 0.4) is 0 Å². The second-order valence-electron chi connectivity index (χ2n) is 7.77. The summed E-state index contributed by atoms with van der Waals surface area (Å²) in [5.74, 6) is -1.56. The van der Waals surface area contributed by atoms with Crippen LogP contribution in [0.4, 0.5) is 8.78 Å². The van der Waals surface area contributed by atoms with E-state index in [0.29, 0.717) is 17.1 Å². The van der Waals surface area contributed by atoms with Gasteiger partial charge >= 0.3 is 0 Å². The molecule has 2 aromatic carbocycles. The first-order chi connectivity index (χ1) is 14.7. The summed E-state index contributed by atoms with van der Waals surface area (Å²) in [6.07, 6.45) is 0. The Labute approximate surface area is 180 Å². The van der Waals surface area contributed by atoms with Crippen LogP contribution in [-0.4, -0.2) is 61.0 Å². The molecule has 3 rings (SSSR count). The number of nitrogens with zero attached hydrogens (tertiary/aromatic N) is 2. The second kappa shape index (κ2) is 8.91. The maximum Gasteiger partial charge on any atom is 0.257 e. The van der Waals surface area contributed by atoms with E-state index in [-0.39, 0.29) is 36.3 Å². The van der Waals surface area contributed by atoms with E-state index in [0.717, 1.165) is 6.07 Å². The molecule has 2 amide bonds. The summed E-state index contributed by atoms with van der Waals surface area (Å²) in [5, 5.41) is 0. The number of carbonyl (C=O) groups excluding carboxylic acids is 2. The molecule has 1 heterocycles. The lowest BCUT2D eigenvalue weighted by Crippen LogP contribution is -2.60. The molecule has 0 unspecified atom stereocenters. The van der Waals surface area contributed by atoms with E-state index in [1.165, 1.54) is 37.3 Å².